The number of piperidine rings is 1. The van der Waals surface area contributed by atoms with Crippen LogP contribution in [0.25, 0.3) is 10.7 Å². The second-order valence-corrected chi connectivity index (χ2v) is 8.42. The van der Waals surface area contributed by atoms with Crippen LogP contribution < -0.4 is 5.32 Å². The number of nitrogens with zero attached hydrogens (tertiary/aromatic N) is 3. The Balaban J connectivity index is 1.35. The molecule has 2 aromatic heterocycles. The maximum absolute atomic E-state index is 12.6. The fourth-order valence-electron chi connectivity index (χ4n) is 3.21. The lowest BCUT2D eigenvalue weighted by Gasteiger charge is -2.30. The fraction of sp³-hybridized carbons (Fsp3) is 0.316. The van der Waals surface area contributed by atoms with Crippen molar-refractivity contribution >= 4 is 38.9 Å². The highest BCUT2D eigenvalue weighted by atomic mass is 79.9. The van der Waals surface area contributed by atoms with Gasteiger partial charge in [0.2, 0.25) is 17.6 Å². The largest absolute Gasteiger partial charge is 0.338 e. The smallest absolute Gasteiger partial charge is 0.241 e. The van der Waals surface area contributed by atoms with Crippen molar-refractivity contribution in [1.82, 2.24) is 15.0 Å². The minimum atomic E-state index is -0.0397. The van der Waals surface area contributed by atoms with Crippen LogP contribution in [0.2, 0.25) is 0 Å². The highest BCUT2D eigenvalue weighted by Crippen LogP contribution is 2.24. The van der Waals surface area contributed by atoms with Crippen LogP contribution in [-0.2, 0) is 11.3 Å². The molecule has 27 heavy (non-hydrogen) atoms. The van der Waals surface area contributed by atoms with Gasteiger partial charge in [-0.2, -0.15) is 4.98 Å². The number of anilines is 1. The zero-order valence-electron chi connectivity index (χ0n) is 14.6. The maximum Gasteiger partial charge on any atom is 0.241 e. The zero-order chi connectivity index (χ0) is 18.6. The van der Waals surface area contributed by atoms with Crippen LogP contribution in [-0.4, -0.2) is 34.0 Å². The van der Waals surface area contributed by atoms with E-state index in [-0.39, 0.29) is 11.8 Å². The topological polar surface area (TPSA) is 71.3 Å². The molecule has 0 saturated carbocycles. The van der Waals surface area contributed by atoms with Gasteiger partial charge < -0.3 is 9.84 Å². The van der Waals surface area contributed by atoms with Gasteiger partial charge in [-0.15, -0.1) is 11.3 Å². The van der Waals surface area contributed by atoms with Crippen molar-refractivity contribution in [3.05, 3.63) is 52.1 Å². The second kappa shape index (κ2) is 8.33. The molecule has 1 saturated heterocycles. The number of hydrogen-bond donors (Lipinski definition) is 1. The van der Waals surface area contributed by atoms with E-state index in [0.29, 0.717) is 24.8 Å². The number of rotatable bonds is 5. The molecule has 3 aromatic rings. The molecule has 1 aliphatic rings. The van der Waals surface area contributed by atoms with E-state index in [2.05, 4.69) is 36.3 Å². The molecule has 0 radical (unpaired) electrons. The molecule has 1 aliphatic heterocycles. The van der Waals surface area contributed by atoms with Gasteiger partial charge in [0, 0.05) is 16.7 Å². The Morgan fingerprint density at radius 2 is 2.19 bits per heavy atom. The number of aromatic nitrogens is 2. The van der Waals surface area contributed by atoms with Crippen LogP contribution >= 0.6 is 27.3 Å². The van der Waals surface area contributed by atoms with Crippen LogP contribution in [0.15, 0.2) is 50.8 Å². The Morgan fingerprint density at radius 1 is 1.33 bits per heavy atom. The van der Waals surface area contributed by atoms with E-state index in [0.717, 1.165) is 34.4 Å². The molecule has 6 nitrogen and oxygen atoms in total. The van der Waals surface area contributed by atoms with Gasteiger partial charge in [-0.1, -0.05) is 27.2 Å². The van der Waals surface area contributed by atoms with Crippen molar-refractivity contribution < 1.29 is 9.32 Å². The summed E-state index contributed by atoms with van der Waals surface area (Å²) in [7, 11) is 0. The summed E-state index contributed by atoms with van der Waals surface area (Å²) in [6.45, 7) is 2.19. The van der Waals surface area contributed by atoms with Crippen molar-refractivity contribution in [3.8, 4) is 10.7 Å². The van der Waals surface area contributed by atoms with Crippen LogP contribution in [0.5, 0.6) is 0 Å². The minimum absolute atomic E-state index is 0.0397. The number of amides is 1. The molecule has 1 N–H and O–H groups in total. The summed E-state index contributed by atoms with van der Waals surface area (Å²) in [5.41, 5.74) is 0.817. The van der Waals surface area contributed by atoms with Gasteiger partial charge in [0.15, 0.2) is 0 Å². The number of thiophene rings is 1. The van der Waals surface area contributed by atoms with Crippen LogP contribution in [0, 0.1) is 5.92 Å². The number of carbonyl (C=O) groups excluding carboxylic acids is 1. The molecule has 3 heterocycles. The summed E-state index contributed by atoms with van der Waals surface area (Å²) in [6.07, 6.45) is 1.87. The molecule has 8 heteroatoms. The third-order valence-electron chi connectivity index (χ3n) is 4.56. The van der Waals surface area contributed by atoms with Crippen LogP contribution in [0.4, 0.5) is 5.69 Å². The first kappa shape index (κ1) is 18.3. The van der Waals surface area contributed by atoms with E-state index < -0.39 is 0 Å². The first-order chi connectivity index (χ1) is 13.2. The lowest BCUT2D eigenvalue weighted by atomic mass is 9.97. The molecular weight excluding hydrogens is 428 g/mol. The summed E-state index contributed by atoms with van der Waals surface area (Å²) in [5, 5.41) is 9.06. The third kappa shape index (κ3) is 4.63. The lowest BCUT2D eigenvalue weighted by Crippen LogP contribution is -2.40. The van der Waals surface area contributed by atoms with Gasteiger partial charge in [0.05, 0.1) is 17.3 Å². The highest BCUT2D eigenvalue weighted by molar-refractivity contribution is 9.10. The van der Waals surface area contributed by atoms with Crippen molar-refractivity contribution in [2.24, 2.45) is 5.92 Å². The minimum Gasteiger partial charge on any atom is -0.338 e. The summed E-state index contributed by atoms with van der Waals surface area (Å²) >= 11 is 4.99. The molecule has 140 valence electrons. The average Bonchev–Trinajstić information content (AvgIpc) is 3.35. The van der Waals surface area contributed by atoms with Crippen molar-refractivity contribution in [1.29, 1.82) is 0 Å². The third-order valence-corrected chi connectivity index (χ3v) is 5.95. The van der Waals surface area contributed by atoms with Gasteiger partial charge in [0.1, 0.15) is 0 Å². The Kier molecular flexibility index (Phi) is 5.66. The molecule has 1 atom stereocenters. The van der Waals surface area contributed by atoms with E-state index >= 15 is 0 Å². The molecule has 1 amide bonds. The second-order valence-electron chi connectivity index (χ2n) is 6.56. The fourth-order valence-corrected chi connectivity index (χ4v) is 4.12. The van der Waals surface area contributed by atoms with Crippen LogP contribution in [0.1, 0.15) is 18.7 Å². The first-order valence-corrected chi connectivity index (χ1v) is 10.5. The summed E-state index contributed by atoms with van der Waals surface area (Å²) < 4.78 is 6.38. The number of likely N-dealkylation sites (tertiary alicyclic amines) is 1. The van der Waals surface area contributed by atoms with Crippen molar-refractivity contribution in [2.75, 3.05) is 18.4 Å². The molecule has 1 fully saturated rings. The number of hydrogen-bond acceptors (Lipinski definition) is 6. The van der Waals surface area contributed by atoms with E-state index in [1.165, 1.54) is 0 Å². The number of nitrogens with one attached hydrogen (secondary N) is 1. The highest BCUT2D eigenvalue weighted by Gasteiger charge is 2.27. The van der Waals surface area contributed by atoms with Crippen LogP contribution in [0.3, 0.4) is 0 Å². The van der Waals surface area contributed by atoms with Gasteiger partial charge >= 0.3 is 0 Å². The monoisotopic (exact) mass is 446 g/mol. The Morgan fingerprint density at radius 3 is 2.96 bits per heavy atom. The zero-order valence-corrected chi connectivity index (χ0v) is 17.0. The molecule has 0 bridgehead atoms. The standard InChI is InChI=1S/C19H19BrN4O2S/c20-14-5-7-15(8-6-14)21-19(25)13-3-1-9-24(11-13)12-17-22-18(23-26-17)16-4-2-10-27-16/h2,4-8,10,13H,1,3,9,11-12H2,(H,21,25). The predicted molar refractivity (Wildman–Crippen MR) is 108 cm³/mol. The average molecular weight is 447 g/mol. The molecule has 1 aromatic carbocycles. The Bertz CT molecular complexity index is 895. The van der Waals surface area contributed by atoms with E-state index in [4.69, 9.17) is 4.52 Å². The predicted octanol–water partition coefficient (Wildman–Crippen LogP) is 4.41. The van der Waals surface area contributed by atoms with E-state index in [1.54, 1.807) is 11.3 Å². The van der Waals surface area contributed by atoms with Gasteiger partial charge in [0.25, 0.3) is 0 Å². The molecule has 0 spiro atoms. The quantitative estimate of drug-likeness (QED) is 0.628. The Hall–Kier alpha value is -2.03. The maximum atomic E-state index is 12.6. The molecule has 4 rings (SSSR count). The van der Waals surface area contributed by atoms with Crippen molar-refractivity contribution in [3.63, 3.8) is 0 Å². The molecule has 0 aliphatic carbocycles. The molecular formula is C19H19BrN4O2S. The van der Waals surface area contributed by atoms with Crippen molar-refractivity contribution in [2.45, 2.75) is 19.4 Å². The normalized spacial score (nSPS) is 17.7. The first-order valence-electron chi connectivity index (χ1n) is 8.82. The van der Waals surface area contributed by atoms with E-state index in [9.17, 15) is 4.79 Å². The number of benzene rings is 1. The Labute approximate surface area is 169 Å². The molecule has 1 unspecified atom stereocenters. The lowest BCUT2D eigenvalue weighted by molar-refractivity contribution is -0.121. The SMILES string of the molecule is O=C(Nc1ccc(Br)cc1)C1CCCN(Cc2nc(-c3cccs3)no2)C1. The summed E-state index contributed by atoms with van der Waals surface area (Å²) in [4.78, 5) is 20.3. The van der Waals surface area contributed by atoms with E-state index in [1.807, 2.05) is 41.8 Å². The number of carbonyl (C=O) groups is 1. The van der Waals surface area contributed by atoms with Gasteiger partial charge in [-0.25, -0.2) is 0 Å². The number of halogens is 1. The summed E-state index contributed by atoms with van der Waals surface area (Å²) in [6, 6.07) is 11.6. The van der Waals surface area contributed by atoms with Gasteiger partial charge in [-0.05, 0) is 55.1 Å². The summed E-state index contributed by atoms with van der Waals surface area (Å²) in [5.74, 6) is 1.24. The van der Waals surface area contributed by atoms with Gasteiger partial charge in [-0.3, -0.25) is 9.69 Å².